The summed E-state index contributed by atoms with van der Waals surface area (Å²) in [6, 6.07) is 2.49. The molecule has 1 saturated carbocycles. The van der Waals surface area contributed by atoms with Crippen LogP contribution in [-0.4, -0.2) is 67.4 Å². The van der Waals surface area contributed by atoms with Crippen LogP contribution in [0.2, 0.25) is 0 Å². The predicted molar refractivity (Wildman–Crippen MR) is 102 cm³/mol. The zero-order valence-corrected chi connectivity index (χ0v) is 15.9. The van der Waals surface area contributed by atoms with E-state index in [1.54, 1.807) is 6.33 Å². The first kappa shape index (κ1) is 21.4. The molecule has 1 aromatic heterocycles. The summed E-state index contributed by atoms with van der Waals surface area (Å²) >= 11 is 0. The minimum atomic E-state index is 0. The molecule has 2 fully saturated rings. The highest BCUT2D eigenvalue weighted by molar-refractivity contribution is 5.85. The molecule has 2 N–H and O–H groups in total. The highest BCUT2D eigenvalue weighted by Gasteiger charge is 2.28. The molecule has 0 radical (unpaired) electrons. The molecule has 0 bridgehead atoms. The molecule has 3 rings (SSSR count). The van der Waals surface area contributed by atoms with Crippen LogP contribution in [0.3, 0.4) is 0 Å². The van der Waals surface area contributed by atoms with Gasteiger partial charge in [-0.2, -0.15) is 0 Å². The van der Waals surface area contributed by atoms with Gasteiger partial charge in [-0.25, -0.2) is 9.97 Å². The van der Waals surface area contributed by atoms with Gasteiger partial charge in [0.1, 0.15) is 12.1 Å². The monoisotopic (exact) mass is 377 g/mol. The standard InChI is InChI=1S/C16H27N5O.2ClH/c1-20(3-2-4-21-5-7-22-8-6-21)16-11-15(18-12-19-16)13-9-14(17)10-13;;/h11-14H,2-10,17H2,1H3;2*1H. The number of nitrogens with two attached hydrogens (primary N) is 1. The van der Waals surface area contributed by atoms with Crippen molar-refractivity contribution in [3.63, 3.8) is 0 Å². The Hall–Kier alpha value is -0.660. The van der Waals surface area contributed by atoms with Gasteiger partial charge in [-0.3, -0.25) is 4.90 Å². The molecule has 0 spiro atoms. The highest BCUT2D eigenvalue weighted by atomic mass is 35.5. The Kier molecular flexibility index (Phi) is 9.23. The fourth-order valence-electron chi connectivity index (χ4n) is 3.17. The normalized spacial score (nSPS) is 23.6. The van der Waals surface area contributed by atoms with Crippen LogP contribution in [0.15, 0.2) is 12.4 Å². The summed E-state index contributed by atoms with van der Waals surface area (Å²) in [5.74, 6) is 1.55. The lowest BCUT2D eigenvalue weighted by Gasteiger charge is -2.32. The molecule has 2 heterocycles. The molecule has 0 atom stereocenters. The second-order valence-electron chi connectivity index (χ2n) is 6.46. The zero-order chi connectivity index (χ0) is 15.4. The van der Waals surface area contributed by atoms with Gasteiger partial charge in [-0.1, -0.05) is 0 Å². The number of hydrogen-bond acceptors (Lipinski definition) is 6. The number of rotatable bonds is 6. The van der Waals surface area contributed by atoms with Crippen LogP contribution in [0.25, 0.3) is 0 Å². The molecule has 2 aliphatic rings. The summed E-state index contributed by atoms with van der Waals surface area (Å²) in [5.41, 5.74) is 7.02. The average Bonchev–Trinajstić information content (AvgIpc) is 2.53. The molecule has 24 heavy (non-hydrogen) atoms. The molecule has 1 aromatic rings. The topological polar surface area (TPSA) is 67.5 Å². The lowest BCUT2D eigenvalue weighted by molar-refractivity contribution is 0.0377. The Balaban J connectivity index is 0.00000144. The maximum Gasteiger partial charge on any atom is 0.131 e. The Labute approximate surface area is 157 Å². The first-order valence-electron chi connectivity index (χ1n) is 8.31. The fraction of sp³-hybridized carbons (Fsp3) is 0.750. The summed E-state index contributed by atoms with van der Waals surface area (Å²) < 4.78 is 5.38. The molecule has 8 heteroatoms. The Morgan fingerprint density at radius 1 is 1.25 bits per heavy atom. The highest BCUT2D eigenvalue weighted by Crippen LogP contribution is 2.35. The minimum absolute atomic E-state index is 0. The summed E-state index contributed by atoms with van der Waals surface area (Å²) in [6.07, 6.45) is 4.94. The number of hydrogen-bond donors (Lipinski definition) is 1. The Morgan fingerprint density at radius 2 is 1.96 bits per heavy atom. The van der Waals surface area contributed by atoms with E-state index in [0.29, 0.717) is 12.0 Å². The molecule has 0 unspecified atom stereocenters. The van der Waals surface area contributed by atoms with Crippen molar-refractivity contribution in [2.24, 2.45) is 5.73 Å². The van der Waals surface area contributed by atoms with Crippen LogP contribution in [0.1, 0.15) is 30.9 Å². The van der Waals surface area contributed by atoms with E-state index in [9.17, 15) is 0 Å². The van der Waals surface area contributed by atoms with Gasteiger partial charge in [-0.05, 0) is 19.3 Å². The second-order valence-corrected chi connectivity index (χ2v) is 6.46. The van der Waals surface area contributed by atoms with Crippen molar-refractivity contribution in [2.45, 2.75) is 31.2 Å². The molecule has 6 nitrogen and oxygen atoms in total. The van der Waals surface area contributed by atoms with Crippen molar-refractivity contribution < 1.29 is 4.74 Å². The van der Waals surface area contributed by atoms with Gasteiger partial charge in [-0.15, -0.1) is 24.8 Å². The van der Waals surface area contributed by atoms with Crippen LogP contribution in [0, 0.1) is 0 Å². The van der Waals surface area contributed by atoms with E-state index in [2.05, 4.69) is 32.9 Å². The smallest absolute Gasteiger partial charge is 0.131 e. The molecular formula is C16H29Cl2N5O. The molecular weight excluding hydrogens is 349 g/mol. The van der Waals surface area contributed by atoms with Crippen molar-refractivity contribution in [3.8, 4) is 0 Å². The number of anilines is 1. The molecule has 1 saturated heterocycles. The van der Waals surface area contributed by atoms with E-state index in [1.807, 2.05) is 0 Å². The van der Waals surface area contributed by atoms with Crippen molar-refractivity contribution in [1.82, 2.24) is 14.9 Å². The SMILES string of the molecule is CN(CCCN1CCOCC1)c1cc(C2CC(N)C2)ncn1.Cl.Cl. The van der Waals surface area contributed by atoms with E-state index in [1.165, 1.54) is 0 Å². The molecule has 0 amide bonds. The van der Waals surface area contributed by atoms with Crippen LogP contribution in [0.4, 0.5) is 5.82 Å². The van der Waals surface area contributed by atoms with Crippen LogP contribution in [-0.2, 0) is 4.74 Å². The third kappa shape index (κ3) is 5.70. The summed E-state index contributed by atoms with van der Waals surface area (Å²) in [4.78, 5) is 13.5. The molecule has 1 aliphatic carbocycles. The van der Waals surface area contributed by atoms with Gasteiger partial charge < -0.3 is 15.4 Å². The quantitative estimate of drug-likeness (QED) is 0.813. The summed E-state index contributed by atoms with van der Waals surface area (Å²) in [7, 11) is 2.11. The number of ether oxygens (including phenoxy) is 1. The molecule has 1 aliphatic heterocycles. The van der Waals surface area contributed by atoms with Gasteiger partial charge in [0.25, 0.3) is 0 Å². The van der Waals surface area contributed by atoms with Crippen molar-refractivity contribution in [1.29, 1.82) is 0 Å². The first-order valence-corrected chi connectivity index (χ1v) is 8.31. The first-order chi connectivity index (χ1) is 10.7. The number of halogens is 2. The number of morpholine rings is 1. The van der Waals surface area contributed by atoms with Gasteiger partial charge >= 0.3 is 0 Å². The lowest BCUT2D eigenvalue weighted by atomic mass is 9.78. The third-order valence-corrected chi connectivity index (χ3v) is 4.73. The van der Waals surface area contributed by atoms with Gasteiger partial charge in [0.2, 0.25) is 0 Å². The zero-order valence-electron chi connectivity index (χ0n) is 14.3. The molecule has 138 valence electrons. The Bertz CT molecular complexity index is 481. The van der Waals surface area contributed by atoms with Crippen LogP contribution >= 0.6 is 24.8 Å². The van der Waals surface area contributed by atoms with Crippen LogP contribution < -0.4 is 10.6 Å². The van der Waals surface area contributed by atoms with Crippen molar-refractivity contribution in [3.05, 3.63) is 18.1 Å². The van der Waals surface area contributed by atoms with Crippen molar-refractivity contribution >= 4 is 30.6 Å². The van der Waals surface area contributed by atoms with E-state index in [0.717, 1.165) is 70.2 Å². The maximum atomic E-state index is 5.87. The molecule has 0 aromatic carbocycles. The number of aromatic nitrogens is 2. The van der Waals surface area contributed by atoms with E-state index in [4.69, 9.17) is 10.5 Å². The van der Waals surface area contributed by atoms with Crippen molar-refractivity contribution in [2.75, 3.05) is 51.3 Å². The lowest BCUT2D eigenvalue weighted by Crippen LogP contribution is -2.38. The summed E-state index contributed by atoms with van der Waals surface area (Å²) in [5, 5.41) is 0. The van der Waals surface area contributed by atoms with Gasteiger partial charge in [0, 0.05) is 56.9 Å². The second kappa shape index (κ2) is 10.4. The number of nitrogens with zero attached hydrogens (tertiary/aromatic N) is 4. The van der Waals surface area contributed by atoms with Gasteiger partial charge in [0.15, 0.2) is 0 Å². The minimum Gasteiger partial charge on any atom is -0.379 e. The van der Waals surface area contributed by atoms with Gasteiger partial charge in [0.05, 0.1) is 13.2 Å². The largest absolute Gasteiger partial charge is 0.379 e. The predicted octanol–water partition coefficient (Wildman–Crippen LogP) is 1.68. The van der Waals surface area contributed by atoms with Crippen LogP contribution in [0.5, 0.6) is 0 Å². The third-order valence-electron chi connectivity index (χ3n) is 4.73. The van der Waals surface area contributed by atoms with E-state index < -0.39 is 0 Å². The maximum absolute atomic E-state index is 5.87. The average molecular weight is 378 g/mol. The van der Waals surface area contributed by atoms with E-state index in [-0.39, 0.29) is 24.8 Å². The summed E-state index contributed by atoms with van der Waals surface area (Å²) in [6.45, 7) is 6.00. The van der Waals surface area contributed by atoms with E-state index >= 15 is 0 Å². The fourth-order valence-corrected chi connectivity index (χ4v) is 3.17. The Morgan fingerprint density at radius 3 is 2.62 bits per heavy atom.